The fourth-order valence-corrected chi connectivity index (χ4v) is 1.25. The quantitative estimate of drug-likeness (QED) is 0.233. The highest BCUT2D eigenvalue weighted by molar-refractivity contribution is 6.04. The number of carbonyl (C=O) groups is 3. The molecule has 0 saturated heterocycles. The van der Waals surface area contributed by atoms with E-state index >= 15 is 0 Å². The van der Waals surface area contributed by atoms with Gasteiger partial charge in [0.25, 0.3) is 0 Å². The molecule has 108 valence electrons. The Morgan fingerprint density at radius 3 is 2.42 bits per heavy atom. The zero-order chi connectivity index (χ0) is 14.9. The van der Waals surface area contributed by atoms with E-state index in [1.807, 2.05) is 19.1 Å². The number of hydrogen-bond acceptors (Lipinski definition) is 5. The summed E-state index contributed by atoms with van der Waals surface area (Å²) in [4.78, 5) is 33.3. The van der Waals surface area contributed by atoms with Gasteiger partial charge >= 0.3 is 11.9 Å². The zero-order valence-corrected chi connectivity index (χ0v) is 10.9. The summed E-state index contributed by atoms with van der Waals surface area (Å²) in [5.41, 5.74) is 8.15. The topological polar surface area (TPSA) is 133 Å². The third-order valence-corrected chi connectivity index (χ3v) is 2.43. The Morgan fingerprint density at radius 2 is 1.95 bits per heavy atom. The molecule has 0 aliphatic rings. The number of hydrogen-bond donors (Lipinski definition) is 3. The van der Waals surface area contributed by atoms with Crippen molar-refractivity contribution in [3.8, 4) is 0 Å². The second-order valence-electron chi connectivity index (χ2n) is 4.05. The summed E-state index contributed by atoms with van der Waals surface area (Å²) >= 11 is 0. The van der Waals surface area contributed by atoms with E-state index in [-0.39, 0.29) is 19.4 Å². The van der Waals surface area contributed by atoms with Gasteiger partial charge in [-0.2, -0.15) is 0 Å². The number of rotatable bonds is 9. The largest absolute Gasteiger partial charge is 0.479 e. The molecule has 0 heterocycles. The molecule has 0 saturated carbocycles. The van der Waals surface area contributed by atoms with E-state index in [4.69, 9.17) is 21.3 Å². The van der Waals surface area contributed by atoms with Crippen molar-refractivity contribution in [3.05, 3.63) is 12.2 Å². The van der Waals surface area contributed by atoms with Crippen LogP contribution in [0.4, 0.5) is 0 Å². The van der Waals surface area contributed by atoms with Crippen molar-refractivity contribution in [2.75, 3.05) is 6.61 Å². The van der Waals surface area contributed by atoms with Gasteiger partial charge in [-0.1, -0.05) is 19.1 Å². The summed E-state index contributed by atoms with van der Waals surface area (Å²) in [7, 11) is 0. The number of allylic oxidation sites excluding steroid dienone is 1. The van der Waals surface area contributed by atoms with Gasteiger partial charge in [0.05, 0.1) is 6.61 Å². The minimum absolute atomic E-state index is 0.0398. The van der Waals surface area contributed by atoms with Crippen molar-refractivity contribution >= 4 is 17.8 Å². The van der Waals surface area contributed by atoms with Crippen molar-refractivity contribution in [1.29, 1.82) is 0 Å². The van der Waals surface area contributed by atoms with Gasteiger partial charge in [-0.05, 0) is 19.3 Å². The van der Waals surface area contributed by atoms with Crippen molar-refractivity contribution < 1.29 is 24.2 Å². The van der Waals surface area contributed by atoms with Gasteiger partial charge in [-0.3, -0.25) is 4.79 Å². The van der Waals surface area contributed by atoms with Crippen LogP contribution in [-0.4, -0.2) is 35.1 Å². The van der Waals surface area contributed by atoms with Gasteiger partial charge in [0, 0.05) is 6.42 Å². The molecule has 0 unspecified atom stereocenters. The lowest BCUT2D eigenvalue weighted by Crippen LogP contribution is -2.56. The number of primary amides is 1. The van der Waals surface area contributed by atoms with E-state index in [1.54, 1.807) is 0 Å². The van der Waals surface area contributed by atoms with E-state index in [0.717, 1.165) is 6.42 Å². The molecule has 19 heavy (non-hydrogen) atoms. The lowest BCUT2D eigenvalue weighted by molar-refractivity contribution is -0.161. The molecule has 1 atom stereocenters. The van der Waals surface area contributed by atoms with Crippen molar-refractivity contribution in [2.45, 2.75) is 38.1 Å². The van der Waals surface area contributed by atoms with Crippen LogP contribution in [0.1, 0.15) is 32.6 Å². The van der Waals surface area contributed by atoms with Crippen LogP contribution in [-0.2, 0) is 19.1 Å². The van der Waals surface area contributed by atoms with Crippen LogP contribution in [0.3, 0.4) is 0 Å². The Balaban J connectivity index is 4.44. The van der Waals surface area contributed by atoms with Crippen molar-refractivity contribution in [2.24, 2.45) is 11.5 Å². The molecule has 7 heteroatoms. The maximum absolute atomic E-state index is 11.6. The van der Waals surface area contributed by atoms with Crippen LogP contribution in [0.25, 0.3) is 0 Å². The Hall–Kier alpha value is -1.89. The standard InChI is InChI=1S/C12H20N2O5/c1-2-3-4-5-8-19-11(18)12(14,10(16)17)7-6-9(13)15/h3-4H,2,5-8,14H2,1H3,(H2,13,15)(H,16,17)/b4-3-/t12-/m0/s1. The first-order chi connectivity index (χ1) is 8.84. The second kappa shape index (κ2) is 8.25. The van der Waals surface area contributed by atoms with Crippen molar-refractivity contribution in [3.63, 3.8) is 0 Å². The summed E-state index contributed by atoms with van der Waals surface area (Å²) in [6.45, 7) is 2.00. The number of aliphatic carboxylic acids is 1. The number of carbonyl (C=O) groups excluding carboxylic acids is 2. The first-order valence-electron chi connectivity index (χ1n) is 5.97. The number of carboxylic acid groups (broad SMARTS) is 1. The molecule has 0 aromatic rings. The summed E-state index contributed by atoms with van der Waals surface area (Å²) in [5.74, 6) is -3.33. The molecule has 0 bridgehead atoms. The molecular weight excluding hydrogens is 252 g/mol. The van der Waals surface area contributed by atoms with Gasteiger partial charge in [0.1, 0.15) is 0 Å². The third-order valence-electron chi connectivity index (χ3n) is 2.43. The lowest BCUT2D eigenvalue weighted by atomic mass is 9.94. The van der Waals surface area contributed by atoms with Gasteiger partial charge in [0.2, 0.25) is 11.4 Å². The molecule has 0 rings (SSSR count). The Bertz CT molecular complexity index is 367. The predicted octanol–water partition coefficient (Wildman–Crippen LogP) is -0.0665. The molecule has 0 fully saturated rings. The normalized spacial score (nSPS) is 14.0. The molecule has 1 amide bonds. The highest BCUT2D eigenvalue weighted by Gasteiger charge is 2.43. The molecule has 0 aromatic heterocycles. The molecule has 0 spiro atoms. The Morgan fingerprint density at radius 1 is 1.32 bits per heavy atom. The molecule has 0 aromatic carbocycles. The Kier molecular flexibility index (Phi) is 7.43. The summed E-state index contributed by atoms with van der Waals surface area (Å²) in [5, 5.41) is 8.96. The summed E-state index contributed by atoms with van der Waals surface area (Å²) < 4.78 is 4.80. The number of esters is 1. The first kappa shape index (κ1) is 17.1. The van der Waals surface area contributed by atoms with E-state index in [0.29, 0.717) is 6.42 Å². The maximum atomic E-state index is 11.6. The second-order valence-corrected chi connectivity index (χ2v) is 4.05. The summed E-state index contributed by atoms with van der Waals surface area (Å²) in [6, 6.07) is 0. The van der Waals surface area contributed by atoms with Gasteiger partial charge < -0.3 is 21.3 Å². The SMILES string of the molecule is CC/C=C\CCOC(=O)[C@](N)(CCC(N)=O)C(=O)O. The maximum Gasteiger partial charge on any atom is 0.337 e. The highest BCUT2D eigenvalue weighted by Crippen LogP contribution is 2.13. The van der Waals surface area contributed by atoms with E-state index in [2.05, 4.69) is 0 Å². The highest BCUT2D eigenvalue weighted by atomic mass is 16.5. The van der Waals surface area contributed by atoms with Gasteiger partial charge in [-0.15, -0.1) is 0 Å². The van der Waals surface area contributed by atoms with Crippen LogP contribution in [0.2, 0.25) is 0 Å². The van der Waals surface area contributed by atoms with Crippen LogP contribution in [0.15, 0.2) is 12.2 Å². The van der Waals surface area contributed by atoms with Crippen LogP contribution in [0, 0.1) is 0 Å². The number of nitrogens with two attached hydrogens (primary N) is 2. The molecular formula is C12H20N2O5. The number of carboxylic acids is 1. The minimum Gasteiger partial charge on any atom is -0.479 e. The molecule has 0 aliphatic heterocycles. The van der Waals surface area contributed by atoms with E-state index < -0.39 is 23.4 Å². The lowest BCUT2D eigenvalue weighted by Gasteiger charge is -2.21. The van der Waals surface area contributed by atoms with Crippen LogP contribution in [0.5, 0.6) is 0 Å². The number of ether oxygens (including phenoxy) is 1. The first-order valence-corrected chi connectivity index (χ1v) is 5.97. The molecule has 7 nitrogen and oxygen atoms in total. The van der Waals surface area contributed by atoms with Gasteiger partial charge in [-0.25, -0.2) is 9.59 Å². The van der Waals surface area contributed by atoms with Crippen LogP contribution < -0.4 is 11.5 Å². The third kappa shape index (κ3) is 6.01. The van der Waals surface area contributed by atoms with Crippen molar-refractivity contribution in [1.82, 2.24) is 0 Å². The fraction of sp³-hybridized carbons (Fsp3) is 0.583. The minimum atomic E-state index is -2.23. The van der Waals surface area contributed by atoms with E-state index in [9.17, 15) is 14.4 Å². The number of amides is 1. The predicted molar refractivity (Wildman–Crippen MR) is 68.0 cm³/mol. The average Bonchev–Trinajstić information content (AvgIpc) is 2.35. The van der Waals surface area contributed by atoms with E-state index in [1.165, 1.54) is 0 Å². The zero-order valence-electron chi connectivity index (χ0n) is 10.9. The Labute approximate surface area is 111 Å². The molecule has 0 aliphatic carbocycles. The fourth-order valence-electron chi connectivity index (χ4n) is 1.25. The summed E-state index contributed by atoms with van der Waals surface area (Å²) in [6.07, 6.45) is 4.37. The molecule has 0 radical (unpaired) electrons. The van der Waals surface area contributed by atoms with Crippen LogP contribution >= 0.6 is 0 Å². The monoisotopic (exact) mass is 272 g/mol. The van der Waals surface area contributed by atoms with Gasteiger partial charge in [0.15, 0.2) is 0 Å². The smallest absolute Gasteiger partial charge is 0.337 e. The average molecular weight is 272 g/mol. The molecule has 5 N–H and O–H groups in total.